The van der Waals surface area contributed by atoms with Gasteiger partial charge in [0, 0.05) is 56.3 Å². The van der Waals surface area contributed by atoms with Gasteiger partial charge in [-0.25, -0.2) is 0 Å². The molecule has 0 radical (unpaired) electrons. The van der Waals surface area contributed by atoms with Crippen LogP contribution < -0.4 is 14.2 Å². The topological polar surface area (TPSA) is 64.2 Å². The summed E-state index contributed by atoms with van der Waals surface area (Å²) in [4.78, 5) is 6.51. The van der Waals surface area contributed by atoms with Crippen molar-refractivity contribution >= 4 is 67.9 Å². The second-order valence-corrected chi connectivity index (χ2v) is 15.6. The third-order valence-electron chi connectivity index (χ3n) is 11.4. The van der Waals surface area contributed by atoms with E-state index in [1.807, 2.05) is 4.80 Å². The van der Waals surface area contributed by atoms with Gasteiger partial charge in [-0.3, -0.25) is 0 Å². The van der Waals surface area contributed by atoms with Crippen LogP contribution in [0.2, 0.25) is 0 Å². The second kappa shape index (κ2) is 16.1. The third-order valence-corrected chi connectivity index (χ3v) is 12.0. The lowest BCUT2D eigenvalue weighted by molar-refractivity contribution is 0.312. The summed E-state index contributed by atoms with van der Waals surface area (Å²) in [6.45, 7) is 0.788. The maximum atomic E-state index is 5.29. The van der Waals surface area contributed by atoms with E-state index in [9.17, 15) is 0 Å². The molecule has 10 rings (SSSR count). The first-order valence-electron chi connectivity index (χ1n) is 20.3. The Morgan fingerprint density at radius 1 is 0.483 bits per heavy atom. The van der Waals surface area contributed by atoms with Crippen molar-refractivity contribution in [1.29, 1.82) is 0 Å². The molecule has 7 aromatic carbocycles. The quantitative estimate of drug-likeness (QED) is 0.122. The molecule has 2 aromatic heterocycles. The Labute approximate surface area is 343 Å². The lowest BCUT2D eigenvalue weighted by Gasteiger charge is -2.25. The molecule has 2 heterocycles. The molecule has 0 saturated heterocycles. The second-order valence-electron chi connectivity index (χ2n) is 15.1. The fourth-order valence-electron chi connectivity index (χ4n) is 8.60. The lowest BCUT2D eigenvalue weighted by atomic mass is 9.87. The van der Waals surface area contributed by atoms with E-state index in [2.05, 4.69) is 180 Å². The smallest absolute Gasteiger partial charge is 0.279 e. The molecule has 0 amide bonds. The summed E-state index contributed by atoms with van der Waals surface area (Å²) in [5.74, 6) is 0.725. The first kappa shape index (κ1) is 35.8. The molecule has 0 aliphatic heterocycles. The highest BCUT2D eigenvalue weighted by molar-refractivity contribution is 7.00. The molecule has 0 atom stereocenters. The molecule has 0 spiro atoms. The zero-order chi connectivity index (χ0) is 38.7. The van der Waals surface area contributed by atoms with E-state index in [1.165, 1.54) is 43.8 Å². The van der Waals surface area contributed by atoms with Crippen molar-refractivity contribution in [3.05, 3.63) is 170 Å². The average molecular weight is 774 g/mol. The van der Waals surface area contributed by atoms with Gasteiger partial charge in [0.2, 0.25) is 0 Å². The number of benzene rings is 7. The van der Waals surface area contributed by atoms with Crippen LogP contribution in [0.5, 0.6) is 0 Å². The van der Waals surface area contributed by atoms with E-state index in [-0.39, 0.29) is 0 Å². The van der Waals surface area contributed by atoms with Gasteiger partial charge in [-0.05, 0) is 96.3 Å². The van der Waals surface area contributed by atoms with Gasteiger partial charge < -0.3 is 9.80 Å². The van der Waals surface area contributed by atoms with Gasteiger partial charge in [0.1, 0.15) is 11.0 Å². The minimum absolute atomic E-state index is 0.725. The van der Waals surface area contributed by atoms with Crippen LogP contribution in [0.3, 0.4) is 0 Å². The summed E-state index contributed by atoms with van der Waals surface area (Å²) in [5.41, 5.74) is 14.0. The van der Waals surface area contributed by atoms with Crippen molar-refractivity contribution in [2.45, 2.75) is 45.1 Å². The fourth-order valence-corrected chi connectivity index (χ4v) is 9.16. The Hall–Kier alpha value is -6.64. The third kappa shape index (κ3) is 7.01. The van der Waals surface area contributed by atoms with Gasteiger partial charge in [0.05, 0.1) is 6.54 Å². The number of aromatic nitrogens is 5. The van der Waals surface area contributed by atoms with Crippen molar-refractivity contribution in [2.24, 2.45) is 5.92 Å². The van der Waals surface area contributed by atoms with E-state index in [4.69, 9.17) is 18.9 Å². The highest BCUT2D eigenvalue weighted by atomic mass is 32.1. The number of rotatable bonds is 11. The Bertz CT molecular complexity index is 2490. The van der Waals surface area contributed by atoms with Crippen LogP contribution in [0.4, 0.5) is 34.1 Å². The van der Waals surface area contributed by atoms with Gasteiger partial charge in [-0.15, -0.1) is 0 Å². The summed E-state index contributed by atoms with van der Waals surface area (Å²) in [6, 6.07) is 59.6. The first-order chi connectivity index (χ1) is 28.8. The molecule has 1 fully saturated rings. The predicted octanol–water partition coefficient (Wildman–Crippen LogP) is 13.5. The van der Waals surface area contributed by atoms with E-state index < -0.39 is 0 Å². The molecule has 0 N–H and O–H groups in total. The summed E-state index contributed by atoms with van der Waals surface area (Å²) >= 11 is 1.24. The number of hydrogen-bond acceptors (Lipinski definition) is 5. The van der Waals surface area contributed by atoms with E-state index >= 15 is 0 Å². The maximum absolute atomic E-state index is 5.29. The van der Waals surface area contributed by atoms with Crippen molar-refractivity contribution in [3.8, 4) is 22.3 Å². The molecule has 8 heteroatoms. The number of anilines is 6. The van der Waals surface area contributed by atoms with Crippen molar-refractivity contribution in [1.82, 2.24) is 23.7 Å². The zero-order valence-electron chi connectivity index (χ0n) is 32.2. The van der Waals surface area contributed by atoms with Gasteiger partial charge in [-0.2, -0.15) is 23.7 Å². The minimum Gasteiger partial charge on any atom is -0.311 e. The largest absolute Gasteiger partial charge is 0.311 e. The van der Waals surface area contributed by atoms with Crippen LogP contribution in [0.15, 0.2) is 170 Å². The SMILES string of the molecule is c1ccc(N(c2ccccc2)c2ccc(-c3c4nn(CCC5CCCCC5)nc4c(-c4ccc(N(c5ccccc5)c5ccccc5)cc4)c4[n-][s+]nc34)cc2)cc1. The molecule has 7 nitrogen and oxygen atoms in total. The molecular weight excluding hydrogens is 731 g/mol. The monoisotopic (exact) mass is 773 g/mol. The molecule has 1 aliphatic carbocycles. The van der Waals surface area contributed by atoms with Gasteiger partial charge in [0.15, 0.2) is 0 Å². The lowest BCUT2D eigenvalue weighted by Crippen LogP contribution is -2.11. The maximum Gasteiger partial charge on any atom is 0.279 e. The molecule has 9 aromatic rings. The van der Waals surface area contributed by atoms with Crippen molar-refractivity contribution in [3.63, 3.8) is 0 Å². The molecular formula is C50H43N7S. The van der Waals surface area contributed by atoms with Crippen molar-refractivity contribution < 1.29 is 0 Å². The molecule has 284 valence electrons. The normalized spacial score (nSPS) is 13.2. The highest BCUT2D eigenvalue weighted by Crippen LogP contribution is 2.44. The molecule has 58 heavy (non-hydrogen) atoms. The van der Waals surface area contributed by atoms with Crippen LogP contribution in [0, 0.1) is 5.92 Å². The van der Waals surface area contributed by atoms with Crippen LogP contribution in [-0.2, 0) is 6.54 Å². The Kier molecular flexibility index (Phi) is 9.91. The number of para-hydroxylation sites is 4. The van der Waals surface area contributed by atoms with E-state index in [0.717, 1.165) is 97.3 Å². The van der Waals surface area contributed by atoms with Crippen LogP contribution in [-0.4, -0.2) is 19.4 Å². The highest BCUT2D eigenvalue weighted by Gasteiger charge is 2.24. The van der Waals surface area contributed by atoms with Crippen molar-refractivity contribution in [2.75, 3.05) is 9.80 Å². The summed E-state index contributed by atoms with van der Waals surface area (Å²) < 4.78 is 9.95. The standard InChI is InChI=1S/C50H43N7S/c1-6-16-36(17-7-1)34-35-55-51-47-45(37-26-30-43(31-27-37)56(39-18-8-2-9-19-39)40-20-10-3-11-21-40)49-50(54-58-53-49)46(48(47)52-55)38-28-32-44(33-29-38)57(41-22-12-4-13-23-41)42-24-14-5-15-25-42/h2-5,8-15,18-33,36H,1,6-7,16-17,34-35H2. The number of aryl methyl sites for hydroxylation is 1. The van der Waals surface area contributed by atoms with Crippen LogP contribution in [0.1, 0.15) is 38.5 Å². The average Bonchev–Trinajstić information content (AvgIpc) is 3.95. The Morgan fingerprint density at radius 2 is 0.897 bits per heavy atom. The fraction of sp³-hybridized carbons (Fsp3) is 0.160. The van der Waals surface area contributed by atoms with Gasteiger partial charge in [0.25, 0.3) is 11.7 Å². The Balaban J connectivity index is 1.08. The number of nitrogens with zero attached hydrogens (tertiary/aromatic N) is 7. The molecule has 0 bridgehead atoms. The summed E-state index contributed by atoms with van der Waals surface area (Å²) in [7, 11) is 0. The predicted molar refractivity (Wildman–Crippen MR) is 240 cm³/mol. The van der Waals surface area contributed by atoms with E-state index in [1.54, 1.807) is 0 Å². The zero-order valence-corrected chi connectivity index (χ0v) is 33.0. The number of hydrogen-bond donors (Lipinski definition) is 0. The minimum atomic E-state index is 0.725. The van der Waals surface area contributed by atoms with E-state index in [0.29, 0.717) is 0 Å². The van der Waals surface area contributed by atoms with Crippen LogP contribution in [0.25, 0.3) is 44.3 Å². The van der Waals surface area contributed by atoms with Gasteiger partial charge >= 0.3 is 0 Å². The summed E-state index contributed by atoms with van der Waals surface area (Å²) in [6.07, 6.45) is 7.68. The Morgan fingerprint density at radius 3 is 1.36 bits per heavy atom. The molecule has 1 aliphatic rings. The van der Waals surface area contributed by atoms with Gasteiger partial charge in [-0.1, -0.05) is 129 Å². The number of fused-ring (bicyclic) bond motifs is 2. The molecule has 0 unspecified atom stereocenters. The summed E-state index contributed by atoms with van der Waals surface area (Å²) in [5, 5.41) is 10.6. The molecule has 1 saturated carbocycles. The first-order valence-corrected chi connectivity index (χ1v) is 21.1. The van der Waals surface area contributed by atoms with Crippen LogP contribution >= 0.6 is 11.7 Å².